The maximum atomic E-state index is 11.5. The first kappa shape index (κ1) is 11.5. The highest BCUT2D eigenvalue weighted by Crippen LogP contribution is 2.31. The van der Waals surface area contributed by atoms with Gasteiger partial charge in [-0.2, -0.15) is 0 Å². The first-order valence-corrected chi connectivity index (χ1v) is 6.91. The van der Waals surface area contributed by atoms with Gasteiger partial charge in [-0.1, -0.05) is 0 Å². The third-order valence-corrected chi connectivity index (χ3v) is 4.78. The van der Waals surface area contributed by atoms with Crippen LogP contribution < -0.4 is 5.73 Å². The van der Waals surface area contributed by atoms with E-state index in [-0.39, 0.29) is 17.5 Å². The summed E-state index contributed by atoms with van der Waals surface area (Å²) in [5, 5.41) is 11.3. The van der Waals surface area contributed by atoms with E-state index < -0.39 is 15.4 Å². The smallest absolute Gasteiger partial charge is 0.168 e. The van der Waals surface area contributed by atoms with Crippen molar-refractivity contribution in [3.05, 3.63) is 5.82 Å². The van der Waals surface area contributed by atoms with E-state index in [0.717, 1.165) is 0 Å². The van der Waals surface area contributed by atoms with Gasteiger partial charge in [0.15, 0.2) is 15.7 Å². The molecule has 0 saturated carbocycles. The Labute approximate surface area is 93.9 Å². The van der Waals surface area contributed by atoms with Crippen molar-refractivity contribution in [1.82, 2.24) is 20.2 Å². The number of hydrogen-bond donors (Lipinski definition) is 1. The van der Waals surface area contributed by atoms with Crippen molar-refractivity contribution in [3.8, 4) is 0 Å². The van der Waals surface area contributed by atoms with Crippen LogP contribution in [0.3, 0.4) is 0 Å². The summed E-state index contributed by atoms with van der Waals surface area (Å²) in [5.41, 5.74) is 5.18. The molecule has 2 atom stereocenters. The fourth-order valence-corrected chi connectivity index (χ4v) is 4.13. The van der Waals surface area contributed by atoms with Crippen LogP contribution in [0.25, 0.3) is 0 Å². The molecule has 1 saturated heterocycles. The number of sulfone groups is 1. The Bertz CT molecular complexity index is 494. The molecule has 1 aliphatic rings. The molecule has 2 N–H and O–H groups in total. The van der Waals surface area contributed by atoms with Crippen molar-refractivity contribution in [1.29, 1.82) is 0 Å². The molecule has 7 nitrogen and oxygen atoms in total. The SMILES string of the molecule is CC(N)c1nnnn1C1(C)CCS(=O)(=O)C1. The number of rotatable bonds is 2. The van der Waals surface area contributed by atoms with Crippen LogP contribution in [0.15, 0.2) is 0 Å². The minimum absolute atomic E-state index is 0.0742. The molecule has 1 aromatic heterocycles. The van der Waals surface area contributed by atoms with E-state index in [1.807, 2.05) is 6.92 Å². The molecule has 8 heteroatoms. The molecule has 0 amide bonds. The molecular weight excluding hydrogens is 230 g/mol. The lowest BCUT2D eigenvalue weighted by Crippen LogP contribution is -2.35. The summed E-state index contributed by atoms with van der Waals surface area (Å²) in [4.78, 5) is 0. The van der Waals surface area contributed by atoms with Crippen LogP contribution >= 0.6 is 0 Å². The van der Waals surface area contributed by atoms with Gasteiger partial charge in [-0.25, -0.2) is 13.1 Å². The first-order valence-electron chi connectivity index (χ1n) is 5.09. The van der Waals surface area contributed by atoms with Crippen LogP contribution in [-0.2, 0) is 15.4 Å². The van der Waals surface area contributed by atoms with E-state index in [2.05, 4.69) is 15.5 Å². The Kier molecular flexibility index (Phi) is 2.50. The van der Waals surface area contributed by atoms with Gasteiger partial charge in [-0.3, -0.25) is 0 Å². The zero-order chi connectivity index (χ0) is 12.0. The monoisotopic (exact) mass is 245 g/mol. The Morgan fingerprint density at radius 3 is 2.75 bits per heavy atom. The van der Waals surface area contributed by atoms with Gasteiger partial charge in [-0.05, 0) is 30.7 Å². The van der Waals surface area contributed by atoms with Crippen molar-refractivity contribution < 1.29 is 8.42 Å². The van der Waals surface area contributed by atoms with E-state index >= 15 is 0 Å². The highest BCUT2D eigenvalue weighted by Gasteiger charge is 2.42. The summed E-state index contributed by atoms with van der Waals surface area (Å²) < 4.78 is 24.6. The summed E-state index contributed by atoms with van der Waals surface area (Å²) in [7, 11) is -2.98. The predicted octanol–water partition coefficient (Wildman–Crippen LogP) is -0.773. The van der Waals surface area contributed by atoms with Crippen LogP contribution in [0, 0.1) is 0 Å². The molecule has 2 unspecified atom stereocenters. The molecule has 0 spiro atoms. The van der Waals surface area contributed by atoms with Crippen molar-refractivity contribution in [2.45, 2.75) is 31.8 Å². The second kappa shape index (κ2) is 3.49. The quantitative estimate of drug-likeness (QED) is 0.733. The largest absolute Gasteiger partial charge is 0.322 e. The number of tetrazole rings is 1. The highest BCUT2D eigenvalue weighted by molar-refractivity contribution is 7.91. The minimum Gasteiger partial charge on any atom is -0.322 e. The van der Waals surface area contributed by atoms with E-state index in [4.69, 9.17) is 5.73 Å². The molecular formula is C8H15N5O2S. The third kappa shape index (κ3) is 1.82. The Balaban J connectivity index is 2.41. The summed E-state index contributed by atoms with van der Waals surface area (Å²) in [6.45, 7) is 3.62. The van der Waals surface area contributed by atoms with Crippen LogP contribution in [0.2, 0.25) is 0 Å². The van der Waals surface area contributed by atoms with E-state index in [9.17, 15) is 8.42 Å². The minimum atomic E-state index is -2.98. The molecule has 90 valence electrons. The fourth-order valence-electron chi connectivity index (χ4n) is 2.02. The second-order valence-electron chi connectivity index (χ2n) is 4.58. The van der Waals surface area contributed by atoms with Crippen molar-refractivity contribution in [3.63, 3.8) is 0 Å². The number of hydrogen-bond acceptors (Lipinski definition) is 6. The Morgan fingerprint density at radius 2 is 2.25 bits per heavy atom. The number of nitrogens with two attached hydrogens (primary N) is 1. The van der Waals surface area contributed by atoms with Crippen LogP contribution in [0.5, 0.6) is 0 Å². The number of nitrogens with zero attached hydrogens (tertiary/aromatic N) is 4. The van der Waals surface area contributed by atoms with E-state index in [0.29, 0.717) is 12.2 Å². The van der Waals surface area contributed by atoms with Gasteiger partial charge in [0.25, 0.3) is 0 Å². The molecule has 0 aromatic carbocycles. The van der Waals surface area contributed by atoms with Crippen LogP contribution in [0.1, 0.15) is 32.1 Å². The zero-order valence-corrected chi connectivity index (χ0v) is 10.1. The lowest BCUT2D eigenvalue weighted by Gasteiger charge is -2.24. The van der Waals surface area contributed by atoms with Gasteiger partial charge in [0.2, 0.25) is 0 Å². The highest BCUT2D eigenvalue weighted by atomic mass is 32.2. The molecule has 0 aliphatic carbocycles. The Hall–Kier alpha value is -1.02. The first-order chi connectivity index (χ1) is 7.34. The summed E-state index contributed by atoms with van der Waals surface area (Å²) in [5.74, 6) is 0.784. The van der Waals surface area contributed by atoms with Crippen LogP contribution in [-0.4, -0.2) is 40.1 Å². The summed E-state index contributed by atoms with van der Waals surface area (Å²) in [6.07, 6.45) is 0.528. The van der Waals surface area contributed by atoms with Crippen molar-refractivity contribution in [2.24, 2.45) is 5.73 Å². The average Bonchev–Trinajstić information content (AvgIpc) is 2.71. The number of aromatic nitrogens is 4. The maximum absolute atomic E-state index is 11.5. The molecule has 0 bridgehead atoms. The van der Waals surface area contributed by atoms with E-state index in [1.165, 1.54) is 0 Å². The second-order valence-corrected chi connectivity index (χ2v) is 6.76. The summed E-state index contributed by atoms with van der Waals surface area (Å²) in [6, 6.07) is -0.310. The lowest BCUT2D eigenvalue weighted by atomic mass is 10.0. The predicted molar refractivity (Wildman–Crippen MR) is 57.3 cm³/mol. The van der Waals surface area contributed by atoms with E-state index in [1.54, 1.807) is 11.6 Å². The standard InChI is InChI=1S/C8H15N5O2S/c1-6(9)7-10-11-12-13(7)8(2)3-4-16(14,15)5-8/h6H,3-5,9H2,1-2H3. The van der Waals surface area contributed by atoms with Crippen molar-refractivity contribution in [2.75, 3.05) is 11.5 Å². The molecule has 2 rings (SSSR count). The molecule has 0 radical (unpaired) electrons. The van der Waals surface area contributed by atoms with Gasteiger partial charge in [-0.15, -0.1) is 5.10 Å². The molecule has 2 heterocycles. The average molecular weight is 245 g/mol. The molecule has 1 fully saturated rings. The fraction of sp³-hybridized carbons (Fsp3) is 0.875. The van der Waals surface area contributed by atoms with Gasteiger partial charge in [0.1, 0.15) is 0 Å². The van der Waals surface area contributed by atoms with Crippen molar-refractivity contribution >= 4 is 9.84 Å². The van der Waals surface area contributed by atoms with Gasteiger partial charge in [0.05, 0.1) is 23.1 Å². The Morgan fingerprint density at radius 1 is 1.56 bits per heavy atom. The van der Waals surface area contributed by atoms with Gasteiger partial charge < -0.3 is 5.73 Å². The summed E-state index contributed by atoms with van der Waals surface area (Å²) >= 11 is 0. The van der Waals surface area contributed by atoms with Crippen LogP contribution in [0.4, 0.5) is 0 Å². The third-order valence-electron chi connectivity index (χ3n) is 2.89. The normalized spacial score (nSPS) is 30.4. The maximum Gasteiger partial charge on any atom is 0.168 e. The lowest BCUT2D eigenvalue weighted by molar-refractivity contribution is 0.306. The molecule has 16 heavy (non-hydrogen) atoms. The van der Waals surface area contributed by atoms with Gasteiger partial charge >= 0.3 is 0 Å². The topological polar surface area (TPSA) is 104 Å². The van der Waals surface area contributed by atoms with Gasteiger partial charge in [0, 0.05) is 0 Å². The zero-order valence-electron chi connectivity index (χ0n) is 9.29. The molecule has 1 aliphatic heterocycles. The molecule has 1 aromatic rings.